The van der Waals surface area contributed by atoms with E-state index in [9.17, 15) is 18.0 Å². The molecule has 9 heteroatoms. The van der Waals surface area contributed by atoms with Crippen molar-refractivity contribution in [1.82, 2.24) is 5.32 Å². The Balaban J connectivity index is 0. The van der Waals surface area contributed by atoms with Crippen LogP contribution >= 0.6 is 0 Å². The molecule has 0 rings (SSSR count). The van der Waals surface area contributed by atoms with Crippen molar-refractivity contribution in [3.05, 3.63) is 25.3 Å². The molecule has 3 N–H and O–H groups in total. The van der Waals surface area contributed by atoms with Crippen LogP contribution in [0.5, 0.6) is 0 Å². The molecule has 0 aliphatic heterocycles. The lowest BCUT2D eigenvalue weighted by molar-refractivity contribution is -0.138. The molecule has 1 amide bonds. The predicted molar refractivity (Wildman–Crippen MR) is 76.8 cm³/mol. The fraction of sp³-hybridized carbons (Fsp3) is 0.500. The first kappa shape index (κ1) is 21.6. The second-order valence-electron chi connectivity index (χ2n) is 3.99. The van der Waals surface area contributed by atoms with E-state index in [1.807, 2.05) is 0 Å². The Morgan fingerprint density at radius 2 is 1.81 bits per heavy atom. The molecular weight excluding hydrogens is 302 g/mol. The first-order valence-corrected chi connectivity index (χ1v) is 7.39. The van der Waals surface area contributed by atoms with Crippen molar-refractivity contribution in [3.8, 4) is 0 Å². The Hall–Kier alpha value is -1.71. The lowest BCUT2D eigenvalue weighted by Gasteiger charge is -2.17. The van der Waals surface area contributed by atoms with E-state index in [1.54, 1.807) is 13.8 Å². The summed E-state index contributed by atoms with van der Waals surface area (Å²) >= 11 is 0. The van der Waals surface area contributed by atoms with E-state index < -0.39 is 33.3 Å². The molecular formula is C12H21NO7S. The third-order valence-corrected chi connectivity index (χ3v) is 3.20. The SMILES string of the molecule is C=CC(=O)NC(C(C)C)S(=O)(=O)O.C=CC(=O)OCCO. The second-order valence-corrected chi connectivity index (χ2v) is 5.53. The van der Waals surface area contributed by atoms with E-state index in [0.717, 1.165) is 12.2 Å². The number of nitrogens with one attached hydrogen (secondary N) is 1. The monoisotopic (exact) mass is 323 g/mol. The molecule has 0 saturated heterocycles. The maximum atomic E-state index is 10.8. The highest BCUT2D eigenvalue weighted by Gasteiger charge is 2.27. The normalized spacial score (nSPS) is 11.7. The summed E-state index contributed by atoms with van der Waals surface area (Å²) in [6, 6.07) is 0. The summed E-state index contributed by atoms with van der Waals surface area (Å²) in [6.07, 6.45) is 2.00. The van der Waals surface area contributed by atoms with Crippen molar-refractivity contribution >= 4 is 22.0 Å². The predicted octanol–water partition coefficient (Wildman–Crippen LogP) is -0.134. The van der Waals surface area contributed by atoms with Crippen molar-refractivity contribution in [2.45, 2.75) is 19.2 Å². The van der Waals surface area contributed by atoms with E-state index in [0.29, 0.717) is 0 Å². The van der Waals surface area contributed by atoms with Crippen LogP contribution in [0.2, 0.25) is 0 Å². The number of aliphatic hydroxyl groups is 1. The van der Waals surface area contributed by atoms with Crippen molar-refractivity contribution in [2.75, 3.05) is 13.2 Å². The molecule has 0 saturated carbocycles. The number of hydrogen-bond donors (Lipinski definition) is 3. The number of hydrogen-bond acceptors (Lipinski definition) is 6. The van der Waals surface area contributed by atoms with Gasteiger partial charge in [-0.1, -0.05) is 27.0 Å². The average Bonchev–Trinajstić information content (AvgIpc) is 2.40. The summed E-state index contributed by atoms with van der Waals surface area (Å²) in [4.78, 5) is 20.9. The number of esters is 1. The van der Waals surface area contributed by atoms with Crippen LogP contribution in [0.25, 0.3) is 0 Å². The van der Waals surface area contributed by atoms with E-state index in [2.05, 4.69) is 23.2 Å². The highest BCUT2D eigenvalue weighted by atomic mass is 32.2. The van der Waals surface area contributed by atoms with Gasteiger partial charge in [-0.2, -0.15) is 8.42 Å². The summed E-state index contributed by atoms with van der Waals surface area (Å²) in [5, 5.41) is 8.93. The van der Waals surface area contributed by atoms with Gasteiger partial charge in [-0.15, -0.1) is 0 Å². The van der Waals surface area contributed by atoms with Crippen LogP contribution < -0.4 is 5.32 Å². The van der Waals surface area contributed by atoms with Gasteiger partial charge in [0, 0.05) is 6.08 Å². The fourth-order valence-electron chi connectivity index (χ4n) is 0.989. The first-order chi connectivity index (χ1) is 9.59. The molecule has 0 aliphatic rings. The van der Waals surface area contributed by atoms with Crippen LogP contribution in [0.15, 0.2) is 25.3 Å². The first-order valence-electron chi connectivity index (χ1n) is 5.89. The summed E-state index contributed by atoms with van der Waals surface area (Å²) < 4.78 is 34.5. The zero-order chi connectivity index (χ0) is 17.1. The molecule has 122 valence electrons. The van der Waals surface area contributed by atoms with Gasteiger partial charge in [0.1, 0.15) is 6.61 Å². The minimum atomic E-state index is -4.25. The van der Waals surface area contributed by atoms with Gasteiger partial charge < -0.3 is 15.2 Å². The largest absolute Gasteiger partial charge is 0.460 e. The number of ether oxygens (including phenoxy) is 1. The fourth-order valence-corrected chi connectivity index (χ4v) is 1.94. The van der Waals surface area contributed by atoms with Crippen LogP contribution in [0.1, 0.15) is 13.8 Å². The zero-order valence-electron chi connectivity index (χ0n) is 12.0. The minimum Gasteiger partial charge on any atom is -0.460 e. The van der Waals surface area contributed by atoms with E-state index >= 15 is 0 Å². The number of carbonyl (C=O) groups excluding carboxylic acids is 2. The van der Waals surface area contributed by atoms with Gasteiger partial charge in [-0.25, -0.2) is 4.79 Å². The molecule has 0 heterocycles. The molecule has 1 atom stereocenters. The Morgan fingerprint density at radius 1 is 1.29 bits per heavy atom. The number of amides is 1. The Morgan fingerprint density at radius 3 is 2.10 bits per heavy atom. The standard InChI is InChI=1S/C7H13NO4S.C5H8O3/c1-4-6(9)8-7(5(2)3)13(10,11)12;1-2-5(7)8-4-3-6/h4-5,7H,1H2,2-3H3,(H,8,9)(H,10,11,12);2,6H,1,3-4H2. The van der Waals surface area contributed by atoms with Crippen LogP contribution in [-0.4, -0.2) is 48.5 Å². The molecule has 1 unspecified atom stereocenters. The summed E-state index contributed by atoms with van der Waals surface area (Å²) in [7, 11) is -4.25. The van der Waals surface area contributed by atoms with Gasteiger partial charge in [-0.05, 0) is 12.0 Å². The summed E-state index contributed by atoms with van der Waals surface area (Å²) in [5.41, 5.74) is 0. The van der Waals surface area contributed by atoms with Gasteiger partial charge in [0.25, 0.3) is 10.1 Å². The second kappa shape index (κ2) is 11.0. The van der Waals surface area contributed by atoms with Crippen molar-refractivity contribution in [3.63, 3.8) is 0 Å². The topological polar surface area (TPSA) is 130 Å². The minimum absolute atomic E-state index is 0.0465. The molecule has 0 aromatic rings. The lowest BCUT2D eigenvalue weighted by atomic mass is 10.2. The molecule has 0 fully saturated rings. The molecule has 0 aromatic heterocycles. The molecule has 0 aliphatic carbocycles. The molecule has 21 heavy (non-hydrogen) atoms. The third-order valence-electron chi connectivity index (χ3n) is 1.90. The van der Waals surface area contributed by atoms with Gasteiger partial charge in [0.05, 0.1) is 6.61 Å². The van der Waals surface area contributed by atoms with E-state index in [1.165, 1.54) is 0 Å². The highest BCUT2D eigenvalue weighted by molar-refractivity contribution is 7.86. The van der Waals surface area contributed by atoms with E-state index in [4.69, 9.17) is 9.66 Å². The molecule has 0 radical (unpaired) electrons. The van der Waals surface area contributed by atoms with E-state index in [-0.39, 0.29) is 13.2 Å². The number of carbonyl (C=O) groups is 2. The van der Waals surface area contributed by atoms with Gasteiger partial charge in [-0.3, -0.25) is 9.35 Å². The Kier molecular flexibility index (Phi) is 11.3. The quantitative estimate of drug-likeness (QED) is 0.338. The van der Waals surface area contributed by atoms with Crippen LogP contribution in [0.3, 0.4) is 0 Å². The summed E-state index contributed by atoms with van der Waals surface area (Å²) in [6.45, 7) is 9.37. The van der Waals surface area contributed by atoms with Gasteiger partial charge >= 0.3 is 5.97 Å². The third kappa shape index (κ3) is 11.8. The van der Waals surface area contributed by atoms with Crippen molar-refractivity contribution in [1.29, 1.82) is 0 Å². The average molecular weight is 323 g/mol. The highest BCUT2D eigenvalue weighted by Crippen LogP contribution is 2.07. The van der Waals surface area contributed by atoms with Gasteiger partial charge in [0.2, 0.25) is 5.91 Å². The summed E-state index contributed by atoms with van der Waals surface area (Å²) in [5.74, 6) is -1.53. The number of aliphatic hydroxyl groups excluding tert-OH is 1. The molecule has 0 aromatic carbocycles. The number of rotatable bonds is 7. The van der Waals surface area contributed by atoms with Crippen LogP contribution in [0.4, 0.5) is 0 Å². The maximum Gasteiger partial charge on any atom is 0.330 e. The van der Waals surface area contributed by atoms with Crippen molar-refractivity contribution in [2.24, 2.45) is 5.92 Å². The molecule has 8 nitrogen and oxygen atoms in total. The van der Waals surface area contributed by atoms with Gasteiger partial charge in [0.15, 0.2) is 5.37 Å². The maximum absolute atomic E-state index is 10.8. The van der Waals surface area contributed by atoms with Crippen molar-refractivity contribution < 1.29 is 32.4 Å². The Labute approximate surface area is 124 Å². The molecule has 0 bridgehead atoms. The zero-order valence-corrected chi connectivity index (χ0v) is 12.8. The van der Waals surface area contributed by atoms with Crippen LogP contribution in [-0.2, 0) is 24.4 Å². The Bertz CT molecular complexity index is 456. The lowest BCUT2D eigenvalue weighted by Crippen LogP contribution is -2.43. The smallest absolute Gasteiger partial charge is 0.330 e. The van der Waals surface area contributed by atoms with Crippen LogP contribution in [0, 0.1) is 5.92 Å². The molecule has 0 spiro atoms.